The van der Waals surface area contributed by atoms with Gasteiger partial charge in [0.05, 0.1) is 0 Å². The van der Waals surface area contributed by atoms with Crippen molar-refractivity contribution in [3.05, 3.63) is 23.8 Å². The predicted molar refractivity (Wildman–Crippen MR) is 102 cm³/mol. The fourth-order valence-electron chi connectivity index (χ4n) is 7.06. The minimum absolute atomic E-state index is 0.0176. The van der Waals surface area contributed by atoms with Crippen molar-refractivity contribution >= 4 is 17.5 Å². The fourth-order valence-corrected chi connectivity index (χ4v) is 7.06. The van der Waals surface area contributed by atoms with Gasteiger partial charge in [-0.3, -0.25) is 14.4 Å². The molecule has 4 aliphatic rings. The van der Waals surface area contributed by atoms with Gasteiger partial charge in [-0.2, -0.15) is 0 Å². The third-order valence-electron chi connectivity index (χ3n) is 8.52. The van der Waals surface area contributed by atoms with Crippen LogP contribution in [-0.2, 0) is 19.1 Å². The van der Waals surface area contributed by atoms with Crippen molar-refractivity contribution < 1.29 is 19.1 Å². The van der Waals surface area contributed by atoms with E-state index in [1.54, 1.807) is 6.92 Å². The zero-order chi connectivity index (χ0) is 19.6. The second-order valence-electron chi connectivity index (χ2n) is 9.60. The highest BCUT2D eigenvalue weighted by atomic mass is 16.6. The Kier molecular flexibility index (Phi) is 4.07. The maximum absolute atomic E-state index is 12.7. The van der Waals surface area contributed by atoms with E-state index in [4.69, 9.17) is 4.74 Å². The lowest BCUT2D eigenvalue weighted by molar-refractivity contribution is -0.185. The first kappa shape index (κ1) is 18.6. The number of ketones is 2. The van der Waals surface area contributed by atoms with Crippen LogP contribution in [0, 0.1) is 28.6 Å². The number of fused-ring (bicyclic) bond motifs is 5. The minimum atomic E-state index is -0.984. The van der Waals surface area contributed by atoms with Crippen molar-refractivity contribution in [2.75, 3.05) is 0 Å². The molecule has 0 bridgehead atoms. The lowest BCUT2D eigenvalue weighted by atomic mass is 9.48. The molecule has 3 unspecified atom stereocenters. The van der Waals surface area contributed by atoms with Crippen LogP contribution in [0.4, 0.5) is 0 Å². The highest BCUT2D eigenvalue weighted by molar-refractivity contribution is 5.92. The van der Waals surface area contributed by atoms with Gasteiger partial charge in [-0.15, -0.1) is 0 Å². The van der Waals surface area contributed by atoms with Crippen LogP contribution in [0.15, 0.2) is 23.8 Å². The molecule has 0 heterocycles. The van der Waals surface area contributed by atoms with Crippen LogP contribution in [0.3, 0.4) is 0 Å². The highest BCUT2D eigenvalue weighted by Crippen LogP contribution is 2.67. The molecule has 0 aromatic carbocycles. The van der Waals surface area contributed by atoms with E-state index < -0.39 is 5.60 Å². The van der Waals surface area contributed by atoms with Crippen LogP contribution in [-0.4, -0.2) is 23.1 Å². The molecule has 0 N–H and O–H groups in total. The van der Waals surface area contributed by atoms with E-state index in [2.05, 4.69) is 26.0 Å². The summed E-state index contributed by atoms with van der Waals surface area (Å²) >= 11 is 0. The maximum Gasteiger partial charge on any atom is 0.303 e. The van der Waals surface area contributed by atoms with Crippen LogP contribution in [0.2, 0.25) is 0 Å². The van der Waals surface area contributed by atoms with Crippen molar-refractivity contribution in [1.29, 1.82) is 0 Å². The Hall–Kier alpha value is -1.71. The number of rotatable bonds is 2. The Balaban J connectivity index is 1.75. The number of carbonyl (C=O) groups excluding carboxylic acids is 3. The number of Topliss-reactive ketones (excluding diaryl/α,β-unsaturated/α-hetero) is 1. The van der Waals surface area contributed by atoms with Crippen LogP contribution < -0.4 is 0 Å². The summed E-state index contributed by atoms with van der Waals surface area (Å²) in [7, 11) is 0. The molecule has 2 fully saturated rings. The van der Waals surface area contributed by atoms with E-state index in [1.807, 2.05) is 6.08 Å². The average Bonchev–Trinajstić information content (AvgIpc) is 2.89. The first-order valence-electron chi connectivity index (χ1n) is 10.3. The molecule has 0 radical (unpaired) electrons. The summed E-state index contributed by atoms with van der Waals surface area (Å²) in [4.78, 5) is 36.5. The van der Waals surface area contributed by atoms with Gasteiger partial charge in [0.1, 0.15) is 0 Å². The zero-order valence-corrected chi connectivity index (χ0v) is 16.8. The average molecular weight is 370 g/mol. The van der Waals surface area contributed by atoms with Crippen molar-refractivity contribution in [2.24, 2.45) is 28.6 Å². The first-order valence-corrected chi connectivity index (χ1v) is 10.3. The van der Waals surface area contributed by atoms with Crippen LogP contribution in [0.1, 0.15) is 66.2 Å². The van der Waals surface area contributed by atoms with Crippen molar-refractivity contribution in [1.82, 2.24) is 0 Å². The number of carbonyl (C=O) groups is 3. The molecule has 146 valence electrons. The van der Waals surface area contributed by atoms with Gasteiger partial charge in [0.15, 0.2) is 17.2 Å². The van der Waals surface area contributed by atoms with Gasteiger partial charge in [-0.05, 0) is 73.8 Å². The Morgan fingerprint density at radius 2 is 1.78 bits per heavy atom. The summed E-state index contributed by atoms with van der Waals surface area (Å²) in [6.07, 6.45) is 11.2. The molecule has 0 aromatic heterocycles. The van der Waals surface area contributed by atoms with Gasteiger partial charge in [-0.1, -0.05) is 26.0 Å². The fraction of sp³-hybridized carbons (Fsp3) is 0.696. The first-order chi connectivity index (χ1) is 12.6. The minimum Gasteiger partial charge on any atom is -0.451 e. The highest BCUT2D eigenvalue weighted by Gasteiger charge is 2.67. The van der Waals surface area contributed by atoms with Crippen molar-refractivity contribution in [2.45, 2.75) is 71.8 Å². The van der Waals surface area contributed by atoms with E-state index in [1.165, 1.54) is 12.5 Å². The van der Waals surface area contributed by atoms with E-state index in [9.17, 15) is 14.4 Å². The topological polar surface area (TPSA) is 60.4 Å². The molecule has 6 atom stereocenters. The Bertz CT molecular complexity index is 777. The molecule has 4 rings (SSSR count). The largest absolute Gasteiger partial charge is 0.451 e. The normalized spacial score (nSPS) is 45.4. The van der Waals surface area contributed by atoms with Gasteiger partial charge in [0.25, 0.3) is 0 Å². The van der Waals surface area contributed by atoms with Crippen LogP contribution in [0.25, 0.3) is 0 Å². The Morgan fingerprint density at radius 3 is 2.44 bits per heavy atom. The second kappa shape index (κ2) is 5.89. The van der Waals surface area contributed by atoms with Crippen LogP contribution >= 0.6 is 0 Å². The summed E-state index contributed by atoms with van der Waals surface area (Å²) < 4.78 is 5.79. The van der Waals surface area contributed by atoms with E-state index in [0.29, 0.717) is 30.6 Å². The molecule has 2 saturated carbocycles. The molecule has 0 aromatic rings. The monoisotopic (exact) mass is 370 g/mol. The molecule has 0 aliphatic heterocycles. The zero-order valence-electron chi connectivity index (χ0n) is 16.8. The molecule has 4 nitrogen and oxygen atoms in total. The summed E-state index contributed by atoms with van der Waals surface area (Å²) in [5.41, 5.74) is -0.0864. The smallest absolute Gasteiger partial charge is 0.303 e. The standard InChI is InChI=1S/C23H30O4/c1-14(24)23(27-15(2)25)12-9-20-18-6-5-16-13-17(26)7-10-21(16,3)19(18)8-11-22(20,23)4/h5-6,13,18-20H,7-12H2,1-4H3/t18?,19?,20?,21-,22-,23-/m0/s1. The number of hydrogen-bond acceptors (Lipinski definition) is 4. The molecule has 4 aliphatic carbocycles. The van der Waals surface area contributed by atoms with Crippen LogP contribution in [0.5, 0.6) is 0 Å². The lowest BCUT2D eigenvalue weighted by Gasteiger charge is -2.57. The summed E-state index contributed by atoms with van der Waals surface area (Å²) in [6.45, 7) is 7.46. The summed E-state index contributed by atoms with van der Waals surface area (Å²) in [6, 6.07) is 0. The van der Waals surface area contributed by atoms with Gasteiger partial charge in [-0.25, -0.2) is 0 Å². The number of allylic oxidation sites excluding steroid dienone is 4. The van der Waals surface area contributed by atoms with Crippen molar-refractivity contribution in [3.63, 3.8) is 0 Å². The molecular weight excluding hydrogens is 340 g/mol. The van der Waals surface area contributed by atoms with E-state index in [0.717, 1.165) is 25.7 Å². The Morgan fingerprint density at radius 1 is 1.07 bits per heavy atom. The molecule has 4 heteroatoms. The van der Waals surface area contributed by atoms with Gasteiger partial charge in [0, 0.05) is 18.8 Å². The van der Waals surface area contributed by atoms with Gasteiger partial charge >= 0.3 is 5.97 Å². The predicted octanol–water partition coefficient (Wildman–Crippen LogP) is 4.19. The molecule has 0 saturated heterocycles. The third-order valence-corrected chi connectivity index (χ3v) is 8.52. The van der Waals surface area contributed by atoms with Gasteiger partial charge < -0.3 is 4.74 Å². The SMILES string of the molecule is CC(=O)O[C@]1(C(C)=O)CCC2C3C=CC4=CC(=O)CC[C@]4(C)C3CC[C@@]21C. The number of hydrogen-bond donors (Lipinski definition) is 0. The molecular formula is C23H30O4. The third kappa shape index (κ3) is 2.37. The van der Waals surface area contributed by atoms with Crippen molar-refractivity contribution in [3.8, 4) is 0 Å². The van der Waals surface area contributed by atoms with E-state index >= 15 is 0 Å². The number of ether oxygens (including phenoxy) is 1. The second-order valence-corrected chi connectivity index (χ2v) is 9.60. The maximum atomic E-state index is 12.7. The lowest BCUT2D eigenvalue weighted by Crippen LogP contribution is -2.58. The summed E-state index contributed by atoms with van der Waals surface area (Å²) in [5, 5.41) is 0. The quantitative estimate of drug-likeness (QED) is 0.684. The van der Waals surface area contributed by atoms with Gasteiger partial charge in [0.2, 0.25) is 0 Å². The van der Waals surface area contributed by atoms with E-state index in [-0.39, 0.29) is 28.4 Å². The Labute approximate surface area is 161 Å². The molecule has 27 heavy (non-hydrogen) atoms. The summed E-state index contributed by atoms with van der Waals surface area (Å²) in [5.74, 6) is 1.03. The molecule has 0 amide bonds. The number of esters is 1. The molecule has 0 spiro atoms.